The van der Waals surface area contributed by atoms with E-state index in [4.69, 9.17) is 28.2 Å². The van der Waals surface area contributed by atoms with Crippen molar-refractivity contribution in [3.63, 3.8) is 0 Å². The fourth-order valence-electron chi connectivity index (χ4n) is 2.22. The highest BCUT2D eigenvalue weighted by Crippen LogP contribution is 2.30. The van der Waals surface area contributed by atoms with E-state index in [0.717, 1.165) is 21.4 Å². The van der Waals surface area contributed by atoms with Crippen LogP contribution >= 0.6 is 46.7 Å². The molecule has 0 fully saturated rings. The van der Waals surface area contributed by atoms with Crippen molar-refractivity contribution in [1.29, 1.82) is 0 Å². The van der Waals surface area contributed by atoms with E-state index in [9.17, 15) is 0 Å². The molecule has 136 valence electrons. The second kappa shape index (κ2) is 10.6. The summed E-state index contributed by atoms with van der Waals surface area (Å²) in [6.07, 6.45) is 2.02. The Morgan fingerprint density at radius 2 is 1.59 bits per heavy atom. The van der Waals surface area contributed by atoms with Crippen LogP contribution in [0, 0.1) is 0 Å². The number of rotatable bonds is 6. The summed E-state index contributed by atoms with van der Waals surface area (Å²) >= 11 is 15.5. The lowest BCUT2D eigenvalue weighted by atomic mass is 10.2. The van der Waals surface area contributed by atoms with Gasteiger partial charge in [0.25, 0.3) is 0 Å². The molecule has 0 N–H and O–H groups in total. The van der Waals surface area contributed by atoms with E-state index in [2.05, 4.69) is 24.3 Å². The van der Waals surface area contributed by atoms with Crippen molar-refractivity contribution in [2.75, 3.05) is 0 Å². The van der Waals surface area contributed by atoms with E-state index in [-0.39, 0.29) is 0 Å². The quantitative estimate of drug-likeness (QED) is 0.222. The summed E-state index contributed by atoms with van der Waals surface area (Å²) in [7, 11) is 0. The predicted molar refractivity (Wildman–Crippen MR) is 123 cm³/mol. The molecule has 0 saturated heterocycles. The number of aliphatic imine (C=N–C) groups is 1. The third-order valence-corrected chi connectivity index (χ3v) is 6.07. The summed E-state index contributed by atoms with van der Waals surface area (Å²) < 4.78 is 0. The van der Waals surface area contributed by atoms with Crippen molar-refractivity contribution in [2.45, 2.75) is 10.6 Å². The molecule has 0 aliphatic rings. The van der Waals surface area contributed by atoms with E-state index in [1.165, 1.54) is 5.56 Å². The normalized spacial score (nSPS) is 11.9. The minimum absolute atomic E-state index is 0.637. The van der Waals surface area contributed by atoms with E-state index >= 15 is 0 Å². The van der Waals surface area contributed by atoms with Gasteiger partial charge in [-0.25, -0.2) is 4.99 Å². The summed E-state index contributed by atoms with van der Waals surface area (Å²) in [4.78, 5) is 5.73. The van der Waals surface area contributed by atoms with Crippen molar-refractivity contribution in [2.24, 2.45) is 4.99 Å². The molecule has 3 aromatic rings. The average Bonchev–Trinajstić information content (AvgIpc) is 2.69. The van der Waals surface area contributed by atoms with Gasteiger partial charge in [0.15, 0.2) is 0 Å². The molecule has 0 saturated carbocycles. The highest BCUT2D eigenvalue weighted by atomic mass is 35.5. The first-order chi connectivity index (χ1) is 13.2. The highest BCUT2D eigenvalue weighted by molar-refractivity contribution is 8.13. The van der Waals surface area contributed by atoms with Gasteiger partial charge in [0, 0.05) is 15.7 Å². The van der Waals surface area contributed by atoms with Gasteiger partial charge in [0.2, 0.25) is 0 Å². The van der Waals surface area contributed by atoms with E-state index in [1.54, 1.807) is 29.6 Å². The first-order valence-electron chi connectivity index (χ1n) is 8.29. The molecule has 0 aliphatic carbocycles. The second-order valence-corrected chi connectivity index (χ2v) is 8.34. The van der Waals surface area contributed by atoms with Gasteiger partial charge in [0.05, 0.1) is 15.8 Å². The summed E-state index contributed by atoms with van der Waals surface area (Å²) in [5.74, 6) is 0.864. The Morgan fingerprint density at radius 3 is 2.30 bits per heavy atom. The Balaban J connectivity index is 1.73. The van der Waals surface area contributed by atoms with Gasteiger partial charge in [-0.15, -0.1) is 11.8 Å². The SMILES string of the molecule is Clc1ccc(SC=CC(=Nc2ccccc2)SCc2ccccc2)c(Cl)c1. The number of benzene rings is 3. The molecule has 27 heavy (non-hydrogen) atoms. The molecule has 1 nitrogen and oxygen atoms in total. The zero-order valence-corrected chi connectivity index (χ0v) is 17.5. The Labute approximate surface area is 178 Å². The molecule has 0 aliphatic heterocycles. The molecule has 3 aromatic carbocycles. The number of para-hydroxylation sites is 1. The Kier molecular flexibility index (Phi) is 7.91. The molecule has 0 amide bonds. The minimum Gasteiger partial charge on any atom is -0.242 e. The van der Waals surface area contributed by atoms with Crippen molar-refractivity contribution in [1.82, 2.24) is 0 Å². The van der Waals surface area contributed by atoms with Gasteiger partial charge < -0.3 is 0 Å². The lowest BCUT2D eigenvalue weighted by Crippen LogP contribution is -1.89. The number of halogens is 2. The van der Waals surface area contributed by atoms with Crippen LogP contribution < -0.4 is 0 Å². The van der Waals surface area contributed by atoms with Crippen LogP contribution in [0.25, 0.3) is 0 Å². The lowest BCUT2D eigenvalue weighted by Gasteiger charge is -2.04. The van der Waals surface area contributed by atoms with Crippen molar-refractivity contribution < 1.29 is 0 Å². The first-order valence-corrected chi connectivity index (χ1v) is 10.9. The van der Waals surface area contributed by atoms with E-state index in [0.29, 0.717) is 10.0 Å². The Morgan fingerprint density at radius 1 is 0.889 bits per heavy atom. The standard InChI is InChI=1S/C22H17Cl2NS2/c23-18-11-12-21(20(24)15-18)26-14-13-22(25-19-9-5-2-6-10-19)27-16-17-7-3-1-4-8-17/h1-15H,16H2. The van der Waals surface area contributed by atoms with Crippen LogP contribution in [0.1, 0.15) is 5.56 Å². The van der Waals surface area contributed by atoms with Crippen molar-refractivity contribution in [3.8, 4) is 0 Å². The molecule has 0 heterocycles. The van der Waals surface area contributed by atoms with Crippen molar-refractivity contribution >= 4 is 57.5 Å². The zero-order valence-electron chi connectivity index (χ0n) is 14.4. The molecule has 0 aromatic heterocycles. The van der Waals surface area contributed by atoms with Crippen molar-refractivity contribution in [3.05, 3.63) is 106 Å². The Bertz CT molecular complexity index is 926. The first kappa shape index (κ1) is 20.1. The highest BCUT2D eigenvalue weighted by Gasteiger charge is 2.02. The molecule has 0 bridgehead atoms. The summed E-state index contributed by atoms with van der Waals surface area (Å²) in [6.45, 7) is 0. The lowest BCUT2D eigenvalue weighted by molar-refractivity contribution is 1.42. The smallest absolute Gasteiger partial charge is 0.0975 e. The molecule has 5 heteroatoms. The zero-order chi connectivity index (χ0) is 18.9. The topological polar surface area (TPSA) is 12.4 Å². The summed E-state index contributed by atoms with van der Waals surface area (Å²) in [5, 5.41) is 4.24. The Hall–Kier alpha value is -1.65. The molecule has 3 rings (SSSR count). The van der Waals surface area contributed by atoms with Crippen LogP contribution in [0.4, 0.5) is 5.69 Å². The summed E-state index contributed by atoms with van der Waals surface area (Å²) in [5.41, 5.74) is 2.21. The van der Waals surface area contributed by atoms with Crippen LogP contribution in [-0.2, 0) is 5.75 Å². The van der Waals surface area contributed by atoms with E-state index < -0.39 is 0 Å². The molecule has 0 spiro atoms. The van der Waals surface area contributed by atoms with Gasteiger partial charge in [-0.2, -0.15) is 0 Å². The third kappa shape index (κ3) is 6.78. The molecule has 0 atom stereocenters. The molecule has 0 unspecified atom stereocenters. The van der Waals surface area contributed by atoms with Crippen LogP contribution in [0.5, 0.6) is 0 Å². The van der Waals surface area contributed by atoms with Gasteiger partial charge >= 0.3 is 0 Å². The largest absolute Gasteiger partial charge is 0.242 e. The number of hydrogen-bond donors (Lipinski definition) is 0. The molecular weight excluding hydrogens is 413 g/mol. The maximum absolute atomic E-state index is 6.24. The fraction of sp³-hybridized carbons (Fsp3) is 0.0455. The average molecular weight is 430 g/mol. The monoisotopic (exact) mass is 429 g/mol. The van der Waals surface area contributed by atoms with Crippen LogP contribution in [0.3, 0.4) is 0 Å². The van der Waals surface area contributed by atoms with E-state index in [1.807, 2.05) is 60.0 Å². The maximum Gasteiger partial charge on any atom is 0.0975 e. The van der Waals surface area contributed by atoms with Crippen LogP contribution in [0.2, 0.25) is 10.0 Å². The summed E-state index contributed by atoms with van der Waals surface area (Å²) in [6, 6.07) is 25.9. The predicted octanol–water partition coefficient (Wildman–Crippen LogP) is 8.26. The number of nitrogens with zero attached hydrogens (tertiary/aromatic N) is 1. The molecular formula is C22H17Cl2NS2. The minimum atomic E-state index is 0.637. The van der Waals surface area contributed by atoms with Gasteiger partial charge in [-0.3, -0.25) is 0 Å². The molecule has 0 radical (unpaired) electrons. The number of hydrogen-bond acceptors (Lipinski definition) is 3. The maximum atomic E-state index is 6.24. The second-order valence-electron chi connectivity index (χ2n) is 5.56. The van der Waals surface area contributed by atoms with Crippen LogP contribution in [0.15, 0.2) is 100 Å². The third-order valence-electron chi connectivity index (χ3n) is 3.52. The van der Waals surface area contributed by atoms with Gasteiger partial charge in [-0.05, 0) is 47.4 Å². The van der Waals surface area contributed by atoms with Gasteiger partial charge in [0.1, 0.15) is 0 Å². The number of thioether (sulfide) groups is 2. The van der Waals surface area contributed by atoms with Gasteiger partial charge in [-0.1, -0.05) is 83.5 Å². The van der Waals surface area contributed by atoms with Crippen LogP contribution in [-0.4, -0.2) is 5.04 Å². The fourth-order valence-corrected chi connectivity index (χ4v) is 4.35.